The number of halogens is 2. The van der Waals surface area contributed by atoms with Gasteiger partial charge in [0.2, 0.25) is 0 Å². The number of nitrogens with one attached hydrogen (secondary N) is 1. The van der Waals surface area contributed by atoms with Crippen LogP contribution in [0.15, 0.2) is 48.5 Å². The molecule has 0 bridgehead atoms. The van der Waals surface area contributed by atoms with E-state index in [0.717, 1.165) is 6.07 Å². The Kier molecular flexibility index (Phi) is 4.90. The van der Waals surface area contributed by atoms with Crippen molar-refractivity contribution in [3.8, 4) is 0 Å². The Balaban J connectivity index is 1.90. The first-order chi connectivity index (χ1) is 10.1. The highest BCUT2D eigenvalue weighted by Gasteiger charge is 2.11. The number of amides is 1. The fourth-order valence-electron chi connectivity index (χ4n) is 1.58. The van der Waals surface area contributed by atoms with Gasteiger partial charge in [-0.2, -0.15) is 0 Å². The van der Waals surface area contributed by atoms with E-state index >= 15 is 0 Å². The van der Waals surface area contributed by atoms with Gasteiger partial charge in [0.25, 0.3) is 5.91 Å². The van der Waals surface area contributed by atoms with Crippen LogP contribution in [0.2, 0.25) is 5.02 Å². The third kappa shape index (κ3) is 4.29. The number of carbonyl (C=O) groups excluding carboxylic acids is 2. The molecule has 0 saturated heterocycles. The van der Waals surface area contributed by atoms with E-state index in [1.54, 1.807) is 24.3 Å². The van der Waals surface area contributed by atoms with Crippen molar-refractivity contribution in [3.63, 3.8) is 0 Å². The van der Waals surface area contributed by atoms with E-state index in [4.69, 9.17) is 16.3 Å². The van der Waals surface area contributed by atoms with Crippen LogP contribution in [0, 0.1) is 5.82 Å². The second-order valence-corrected chi connectivity index (χ2v) is 4.52. The highest BCUT2D eigenvalue weighted by Crippen LogP contribution is 2.20. The van der Waals surface area contributed by atoms with Crippen LogP contribution in [0.1, 0.15) is 10.4 Å². The van der Waals surface area contributed by atoms with Crippen molar-refractivity contribution in [3.05, 3.63) is 64.9 Å². The van der Waals surface area contributed by atoms with Crippen LogP contribution in [0.5, 0.6) is 0 Å². The molecule has 2 aromatic rings. The first kappa shape index (κ1) is 15.0. The summed E-state index contributed by atoms with van der Waals surface area (Å²) in [6.07, 6.45) is 0. The van der Waals surface area contributed by atoms with Crippen LogP contribution in [0.4, 0.5) is 10.1 Å². The lowest BCUT2D eigenvalue weighted by Gasteiger charge is -2.07. The van der Waals surface area contributed by atoms with Crippen molar-refractivity contribution in [2.75, 3.05) is 11.9 Å². The van der Waals surface area contributed by atoms with Gasteiger partial charge in [-0.25, -0.2) is 9.18 Å². The first-order valence-corrected chi connectivity index (χ1v) is 6.41. The van der Waals surface area contributed by atoms with Gasteiger partial charge in [-0.1, -0.05) is 29.8 Å². The molecular weight excluding hydrogens is 297 g/mol. The summed E-state index contributed by atoms with van der Waals surface area (Å²) in [6, 6.07) is 11.7. The van der Waals surface area contributed by atoms with Crippen molar-refractivity contribution < 1.29 is 18.7 Å². The average molecular weight is 308 g/mol. The summed E-state index contributed by atoms with van der Waals surface area (Å²) in [6.45, 7) is -0.486. The molecule has 0 unspecified atom stereocenters. The minimum Gasteiger partial charge on any atom is -0.452 e. The lowest BCUT2D eigenvalue weighted by atomic mass is 10.2. The minimum atomic E-state index is -0.774. The summed E-state index contributed by atoms with van der Waals surface area (Å²) in [5.41, 5.74) is 0.464. The fourth-order valence-corrected chi connectivity index (χ4v) is 1.76. The summed E-state index contributed by atoms with van der Waals surface area (Å²) in [5, 5.41) is 2.88. The topological polar surface area (TPSA) is 55.4 Å². The van der Waals surface area contributed by atoms with E-state index in [1.165, 1.54) is 18.2 Å². The predicted octanol–water partition coefficient (Wildman–Crippen LogP) is 3.27. The molecule has 4 nitrogen and oxygen atoms in total. The molecule has 0 aliphatic heterocycles. The third-order valence-corrected chi connectivity index (χ3v) is 2.87. The van der Waals surface area contributed by atoms with E-state index in [9.17, 15) is 14.0 Å². The number of hydrogen-bond donors (Lipinski definition) is 1. The van der Waals surface area contributed by atoms with Crippen molar-refractivity contribution in [1.29, 1.82) is 0 Å². The van der Waals surface area contributed by atoms with Gasteiger partial charge in [-0.3, -0.25) is 4.79 Å². The SMILES string of the molecule is O=C(COC(=O)c1cccc(F)c1)Nc1ccccc1Cl. The monoisotopic (exact) mass is 307 g/mol. The lowest BCUT2D eigenvalue weighted by Crippen LogP contribution is -2.21. The molecule has 108 valence electrons. The molecule has 0 fully saturated rings. The maximum atomic E-state index is 13.0. The molecule has 0 aliphatic carbocycles. The summed E-state index contributed by atoms with van der Waals surface area (Å²) in [4.78, 5) is 23.3. The number of para-hydroxylation sites is 1. The molecule has 2 rings (SSSR count). The third-order valence-electron chi connectivity index (χ3n) is 2.54. The summed E-state index contributed by atoms with van der Waals surface area (Å²) < 4.78 is 17.8. The van der Waals surface area contributed by atoms with Gasteiger partial charge in [-0.05, 0) is 30.3 Å². The standard InChI is InChI=1S/C15H11ClFNO3/c16-12-6-1-2-7-13(12)18-14(19)9-21-15(20)10-4-3-5-11(17)8-10/h1-8H,9H2,(H,18,19). The molecule has 0 radical (unpaired) electrons. The normalized spacial score (nSPS) is 10.0. The second kappa shape index (κ2) is 6.85. The highest BCUT2D eigenvalue weighted by molar-refractivity contribution is 6.33. The van der Waals surface area contributed by atoms with Crippen molar-refractivity contribution in [2.45, 2.75) is 0 Å². The van der Waals surface area contributed by atoms with Crippen LogP contribution in [0.3, 0.4) is 0 Å². The number of benzene rings is 2. The Morgan fingerprint density at radius 1 is 1.14 bits per heavy atom. The molecule has 0 heterocycles. The van der Waals surface area contributed by atoms with E-state index in [0.29, 0.717) is 10.7 Å². The van der Waals surface area contributed by atoms with Crippen LogP contribution >= 0.6 is 11.6 Å². The van der Waals surface area contributed by atoms with Gasteiger partial charge in [-0.15, -0.1) is 0 Å². The molecule has 1 amide bonds. The van der Waals surface area contributed by atoms with Gasteiger partial charge in [0.05, 0.1) is 16.3 Å². The molecule has 0 aliphatic rings. The molecular formula is C15H11ClFNO3. The largest absolute Gasteiger partial charge is 0.452 e. The van der Waals surface area contributed by atoms with Gasteiger partial charge >= 0.3 is 5.97 Å². The number of esters is 1. The van der Waals surface area contributed by atoms with Gasteiger partial charge < -0.3 is 10.1 Å². The Morgan fingerprint density at radius 3 is 2.62 bits per heavy atom. The predicted molar refractivity (Wildman–Crippen MR) is 76.8 cm³/mol. The molecule has 0 saturated carbocycles. The van der Waals surface area contributed by atoms with E-state index in [-0.39, 0.29) is 5.56 Å². The lowest BCUT2D eigenvalue weighted by molar-refractivity contribution is -0.119. The molecule has 6 heteroatoms. The quantitative estimate of drug-likeness (QED) is 0.882. The molecule has 2 aromatic carbocycles. The zero-order chi connectivity index (χ0) is 15.2. The highest BCUT2D eigenvalue weighted by atomic mass is 35.5. The number of anilines is 1. The second-order valence-electron chi connectivity index (χ2n) is 4.11. The molecule has 1 N–H and O–H groups in total. The van der Waals surface area contributed by atoms with Crippen LogP contribution in [-0.4, -0.2) is 18.5 Å². The Bertz CT molecular complexity index is 675. The van der Waals surface area contributed by atoms with Crippen molar-refractivity contribution in [1.82, 2.24) is 0 Å². The van der Waals surface area contributed by atoms with Gasteiger partial charge in [0.1, 0.15) is 5.82 Å². The number of ether oxygens (including phenoxy) is 1. The van der Waals surface area contributed by atoms with Gasteiger partial charge in [0.15, 0.2) is 6.61 Å². The fraction of sp³-hybridized carbons (Fsp3) is 0.0667. The molecule has 0 atom stereocenters. The summed E-state index contributed by atoms with van der Waals surface area (Å²) in [7, 11) is 0. The van der Waals surface area contributed by atoms with Gasteiger partial charge in [0, 0.05) is 0 Å². The zero-order valence-electron chi connectivity index (χ0n) is 10.8. The Hall–Kier alpha value is -2.40. The van der Waals surface area contributed by atoms with Crippen molar-refractivity contribution >= 4 is 29.2 Å². The minimum absolute atomic E-state index is 0.0422. The van der Waals surface area contributed by atoms with Crippen molar-refractivity contribution in [2.24, 2.45) is 0 Å². The molecule has 0 spiro atoms. The molecule has 0 aromatic heterocycles. The van der Waals surface area contributed by atoms with Crippen LogP contribution in [0.25, 0.3) is 0 Å². The molecule has 21 heavy (non-hydrogen) atoms. The van der Waals surface area contributed by atoms with E-state index in [1.807, 2.05) is 0 Å². The first-order valence-electron chi connectivity index (χ1n) is 6.03. The van der Waals surface area contributed by atoms with E-state index < -0.39 is 24.3 Å². The number of hydrogen-bond acceptors (Lipinski definition) is 3. The summed E-state index contributed by atoms with van der Waals surface area (Å²) in [5.74, 6) is -1.86. The maximum Gasteiger partial charge on any atom is 0.338 e. The summed E-state index contributed by atoms with van der Waals surface area (Å²) >= 11 is 5.88. The average Bonchev–Trinajstić information content (AvgIpc) is 2.47. The Labute approximate surface area is 125 Å². The zero-order valence-corrected chi connectivity index (χ0v) is 11.6. The van der Waals surface area contributed by atoms with Crippen LogP contribution < -0.4 is 5.32 Å². The number of rotatable bonds is 4. The maximum absolute atomic E-state index is 13.0. The van der Waals surface area contributed by atoms with E-state index in [2.05, 4.69) is 5.32 Å². The number of carbonyl (C=O) groups is 2. The van der Waals surface area contributed by atoms with Crippen LogP contribution in [-0.2, 0) is 9.53 Å². The Morgan fingerprint density at radius 2 is 1.90 bits per heavy atom. The smallest absolute Gasteiger partial charge is 0.338 e.